The molecule has 0 bridgehead atoms. The van der Waals surface area contributed by atoms with E-state index in [-0.39, 0.29) is 12.6 Å². The van der Waals surface area contributed by atoms with Crippen LogP contribution in [-0.4, -0.2) is 47.9 Å². The Hall–Kier alpha value is -2.67. The molecule has 0 saturated carbocycles. The fraction of sp³-hybridized carbons (Fsp3) is 0.450. The first-order valence-electron chi connectivity index (χ1n) is 9.02. The summed E-state index contributed by atoms with van der Waals surface area (Å²) < 4.78 is 10.9. The van der Waals surface area contributed by atoms with Gasteiger partial charge >= 0.3 is 12.1 Å². The normalized spacial score (nSPS) is 19.5. The van der Waals surface area contributed by atoms with Gasteiger partial charge in [-0.05, 0) is 26.3 Å². The molecule has 0 aromatic heterocycles. The van der Waals surface area contributed by atoms with Crippen molar-refractivity contribution in [3.63, 3.8) is 0 Å². The van der Waals surface area contributed by atoms with Gasteiger partial charge < -0.3 is 9.47 Å². The third-order valence-electron chi connectivity index (χ3n) is 4.20. The van der Waals surface area contributed by atoms with Crippen LogP contribution < -0.4 is 5.32 Å². The number of esters is 1. The number of hydrogen-bond donors (Lipinski definition) is 1. The zero-order chi connectivity index (χ0) is 19.4. The van der Waals surface area contributed by atoms with Crippen molar-refractivity contribution in [1.82, 2.24) is 10.2 Å². The van der Waals surface area contributed by atoms with E-state index < -0.39 is 17.7 Å². The minimum atomic E-state index is -0.545. The standard InChI is InChI=1S/C20H25N3O4/c1-20(2,3)27-18(24)16-11-15-17(12-22-16)23(10-9-21-15)19(25)26-13-14-7-5-4-6-8-14/h4-9,16,22H,10-13H2,1-3H3. The van der Waals surface area contributed by atoms with Crippen molar-refractivity contribution in [1.29, 1.82) is 0 Å². The van der Waals surface area contributed by atoms with Crippen LogP contribution in [0.3, 0.4) is 0 Å². The van der Waals surface area contributed by atoms with Crippen LogP contribution in [0.4, 0.5) is 4.79 Å². The van der Waals surface area contributed by atoms with E-state index in [1.807, 2.05) is 51.1 Å². The van der Waals surface area contributed by atoms with Crippen LogP contribution >= 0.6 is 0 Å². The number of carbonyl (C=O) groups is 2. The molecule has 0 spiro atoms. The van der Waals surface area contributed by atoms with E-state index in [9.17, 15) is 9.59 Å². The largest absolute Gasteiger partial charge is 0.459 e. The molecule has 27 heavy (non-hydrogen) atoms. The van der Waals surface area contributed by atoms with Crippen molar-refractivity contribution >= 4 is 18.3 Å². The molecule has 0 aliphatic carbocycles. The molecule has 1 N–H and O–H groups in total. The zero-order valence-corrected chi connectivity index (χ0v) is 15.9. The van der Waals surface area contributed by atoms with Gasteiger partial charge in [0.2, 0.25) is 0 Å². The minimum absolute atomic E-state index is 0.212. The van der Waals surface area contributed by atoms with Crippen LogP contribution in [0.25, 0.3) is 0 Å². The summed E-state index contributed by atoms with van der Waals surface area (Å²) in [7, 11) is 0. The van der Waals surface area contributed by atoms with Gasteiger partial charge in [-0.3, -0.25) is 20.0 Å². The van der Waals surface area contributed by atoms with Gasteiger partial charge in [-0.15, -0.1) is 0 Å². The Bertz CT molecular complexity index is 765. The van der Waals surface area contributed by atoms with Crippen molar-refractivity contribution in [3.05, 3.63) is 47.3 Å². The number of nitrogens with zero attached hydrogens (tertiary/aromatic N) is 2. The van der Waals surface area contributed by atoms with Gasteiger partial charge in [-0.1, -0.05) is 30.3 Å². The van der Waals surface area contributed by atoms with Crippen molar-refractivity contribution in [2.75, 3.05) is 13.1 Å². The first-order chi connectivity index (χ1) is 12.8. The summed E-state index contributed by atoms with van der Waals surface area (Å²) in [6, 6.07) is 9.06. The Labute approximate surface area is 159 Å². The van der Waals surface area contributed by atoms with E-state index in [1.165, 1.54) is 0 Å². The maximum Gasteiger partial charge on any atom is 0.414 e. The molecular weight excluding hydrogens is 346 g/mol. The maximum absolute atomic E-state index is 12.5. The smallest absolute Gasteiger partial charge is 0.414 e. The summed E-state index contributed by atoms with van der Waals surface area (Å²) in [5.41, 5.74) is 1.84. The van der Waals surface area contributed by atoms with Gasteiger partial charge in [0.1, 0.15) is 18.2 Å². The third kappa shape index (κ3) is 4.95. The van der Waals surface area contributed by atoms with E-state index >= 15 is 0 Å². The predicted molar refractivity (Wildman–Crippen MR) is 101 cm³/mol. The summed E-state index contributed by atoms with van der Waals surface area (Å²) >= 11 is 0. The molecule has 1 atom stereocenters. The predicted octanol–water partition coefficient (Wildman–Crippen LogP) is 2.62. The van der Waals surface area contributed by atoms with Crippen LogP contribution in [0.1, 0.15) is 32.8 Å². The second kappa shape index (κ2) is 7.92. The van der Waals surface area contributed by atoms with E-state index in [4.69, 9.17) is 9.47 Å². The van der Waals surface area contributed by atoms with Gasteiger partial charge in [0.15, 0.2) is 0 Å². The van der Waals surface area contributed by atoms with Crippen LogP contribution in [0.15, 0.2) is 46.7 Å². The molecule has 1 aromatic rings. The Morgan fingerprint density at radius 3 is 2.70 bits per heavy atom. The molecule has 7 heteroatoms. The zero-order valence-electron chi connectivity index (χ0n) is 15.9. The monoisotopic (exact) mass is 371 g/mol. The second-order valence-corrected chi connectivity index (χ2v) is 7.53. The van der Waals surface area contributed by atoms with Crippen LogP contribution in [0.5, 0.6) is 0 Å². The van der Waals surface area contributed by atoms with E-state index in [0.717, 1.165) is 11.3 Å². The number of rotatable bonds is 3. The lowest BCUT2D eigenvalue weighted by Gasteiger charge is -2.34. The number of benzene rings is 1. The maximum atomic E-state index is 12.5. The van der Waals surface area contributed by atoms with Crippen molar-refractivity contribution < 1.29 is 19.1 Å². The van der Waals surface area contributed by atoms with E-state index in [0.29, 0.717) is 25.2 Å². The number of nitrogens with one attached hydrogen (secondary N) is 1. The Balaban J connectivity index is 1.64. The summed E-state index contributed by atoms with van der Waals surface area (Å²) in [5, 5.41) is 3.14. The number of aliphatic imine (C=N–C) groups is 1. The highest BCUT2D eigenvalue weighted by molar-refractivity contribution is 5.80. The molecule has 0 saturated heterocycles. The highest BCUT2D eigenvalue weighted by Crippen LogP contribution is 2.25. The Morgan fingerprint density at radius 1 is 1.26 bits per heavy atom. The summed E-state index contributed by atoms with van der Waals surface area (Å²) in [6.07, 6.45) is 1.62. The average Bonchev–Trinajstić information content (AvgIpc) is 2.64. The van der Waals surface area contributed by atoms with Crippen molar-refractivity contribution in [3.8, 4) is 0 Å². The van der Waals surface area contributed by atoms with Crippen LogP contribution in [0.2, 0.25) is 0 Å². The first kappa shape index (κ1) is 19.1. The average molecular weight is 371 g/mol. The molecule has 0 radical (unpaired) electrons. The molecule has 144 valence electrons. The summed E-state index contributed by atoms with van der Waals surface area (Å²) in [5.74, 6) is -0.312. The number of hydrogen-bond acceptors (Lipinski definition) is 6. The number of ether oxygens (including phenoxy) is 2. The molecule has 2 heterocycles. The molecule has 7 nitrogen and oxygen atoms in total. The second-order valence-electron chi connectivity index (χ2n) is 7.53. The number of amides is 1. The van der Waals surface area contributed by atoms with Gasteiger partial charge in [0, 0.05) is 19.2 Å². The Morgan fingerprint density at radius 2 is 2.00 bits per heavy atom. The van der Waals surface area contributed by atoms with Crippen LogP contribution in [-0.2, 0) is 20.9 Å². The third-order valence-corrected chi connectivity index (χ3v) is 4.20. The molecule has 1 amide bonds. The number of carbonyl (C=O) groups excluding carboxylic acids is 2. The van der Waals surface area contributed by atoms with E-state index in [1.54, 1.807) is 11.1 Å². The minimum Gasteiger partial charge on any atom is -0.459 e. The van der Waals surface area contributed by atoms with Crippen molar-refractivity contribution in [2.45, 2.75) is 45.4 Å². The first-order valence-corrected chi connectivity index (χ1v) is 9.02. The summed E-state index contributed by atoms with van der Waals surface area (Å²) in [4.78, 5) is 30.8. The van der Waals surface area contributed by atoms with Crippen molar-refractivity contribution in [2.24, 2.45) is 4.99 Å². The Kier molecular flexibility index (Phi) is 5.60. The molecule has 1 aromatic carbocycles. The quantitative estimate of drug-likeness (QED) is 0.826. The molecule has 3 rings (SSSR count). The fourth-order valence-corrected chi connectivity index (χ4v) is 2.95. The molecule has 2 aliphatic heterocycles. The molecular formula is C20H25N3O4. The highest BCUT2D eigenvalue weighted by atomic mass is 16.6. The molecule has 0 fully saturated rings. The van der Waals surface area contributed by atoms with Gasteiger partial charge in [-0.2, -0.15) is 0 Å². The lowest BCUT2D eigenvalue weighted by atomic mass is 10.0. The summed E-state index contributed by atoms with van der Waals surface area (Å²) in [6.45, 7) is 6.43. The lowest BCUT2D eigenvalue weighted by molar-refractivity contribution is -0.157. The van der Waals surface area contributed by atoms with Gasteiger partial charge in [-0.25, -0.2) is 4.79 Å². The molecule has 2 aliphatic rings. The molecule has 1 unspecified atom stereocenters. The SMILES string of the molecule is CC(C)(C)OC(=O)C1CC2=C(CN1)N(C(=O)OCc1ccccc1)CC=N2. The van der Waals surface area contributed by atoms with E-state index in [2.05, 4.69) is 10.3 Å². The van der Waals surface area contributed by atoms with Crippen LogP contribution in [0, 0.1) is 0 Å². The topological polar surface area (TPSA) is 80.2 Å². The van der Waals surface area contributed by atoms with Gasteiger partial charge in [0.05, 0.1) is 17.9 Å². The highest BCUT2D eigenvalue weighted by Gasteiger charge is 2.34. The van der Waals surface area contributed by atoms with Gasteiger partial charge in [0.25, 0.3) is 0 Å². The lowest BCUT2D eigenvalue weighted by Crippen LogP contribution is -2.49. The fourth-order valence-electron chi connectivity index (χ4n) is 2.95.